The lowest BCUT2D eigenvalue weighted by atomic mass is 10.0. The molecule has 0 spiro atoms. The van der Waals surface area contributed by atoms with Gasteiger partial charge in [0.1, 0.15) is 10.8 Å². The number of likely N-dealkylation sites (tertiary alicyclic amines) is 1. The van der Waals surface area contributed by atoms with Gasteiger partial charge in [0.25, 0.3) is 0 Å². The van der Waals surface area contributed by atoms with Gasteiger partial charge >= 0.3 is 0 Å². The molecule has 0 aliphatic carbocycles. The van der Waals surface area contributed by atoms with Crippen LogP contribution in [0.15, 0.2) is 35.7 Å². The Bertz CT molecular complexity index is 1010. The molecule has 1 amide bonds. The summed E-state index contributed by atoms with van der Waals surface area (Å²) in [4.78, 5) is 37.0. The van der Waals surface area contributed by atoms with Crippen LogP contribution in [0.2, 0.25) is 0 Å². The fraction of sp³-hybridized carbons (Fsp3) is 0.333. The molecule has 1 unspecified atom stereocenters. The molecule has 1 saturated heterocycles. The van der Waals surface area contributed by atoms with Crippen molar-refractivity contribution in [3.05, 3.63) is 57.0 Å². The number of hydrogen-bond donors (Lipinski definition) is 0. The third kappa shape index (κ3) is 4.05. The number of carbonyl (C=O) groups excluding carboxylic acids is 2. The summed E-state index contributed by atoms with van der Waals surface area (Å²) in [6.07, 6.45) is 0.593. The van der Waals surface area contributed by atoms with Gasteiger partial charge in [0.15, 0.2) is 0 Å². The molecule has 1 aromatic carbocycles. The average molecular weight is 412 g/mol. The van der Waals surface area contributed by atoms with Gasteiger partial charge in [-0.3, -0.25) is 9.59 Å². The third-order valence-corrected chi connectivity index (χ3v) is 6.84. The highest BCUT2D eigenvalue weighted by atomic mass is 32.1. The maximum Gasteiger partial charge on any atom is 0.223 e. The Morgan fingerprint density at radius 1 is 1.21 bits per heavy atom. The van der Waals surface area contributed by atoms with Gasteiger partial charge in [-0.15, -0.1) is 22.7 Å². The second-order valence-electron chi connectivity index (χ2n) is 7.08. The van der Waals surface area contributed by atoms with Crippen molar-refractivity contribution in [1.82, 2.24) is 14.9 Å². The van der Waals surface area contributed by atoms with E-state index in [1.807, 2.05) is 49.6 Å². The van der Waals surface area contributed by atoms with E-state index in [1.54, 1.807) is 16.2 Å². The molecule has 1 fully saturated rings. The molecule has 5 nitrogen and oxygen atoms in total. The molecule has 0 saturated carbocycles. The molecule has 1 atom stereocenters. The summed E-state index contributed by atoms with van der Waals surface area (Å²) < 4.78 is 0. The van der Waals surface area contributed by atoms with Gasteiger partial charge in [-0.05, 0) is 19.4 Å². The van der Waals surface area contributed by atoms with E-state index in [0.717, 1.165) is 31.8 Å². The van der Waals surface area contributed by atoms with Crippen molar-refractivity contribution < 1.29 is 9.59 Å². The molecule has 1 aliphatic rings. The molecule has 3 aromatic rings. The highest BCUT2D eigenvalue weighted by Gasteiger charge is 2.34. The highest BCUT2D eigenvalue weighted by molar-refractivity contribution is 7.16. The van der Waals surface area contributed by atoms with Crippen molar-refractivity contribution in [2.75, 3.05) is 6.54 Å². The molecular formula is C21H21N3O2S2. The van der Waals surface area contributed by atoms with Crippen LogP contribution >= 0.6 is 22.7 Å². The lowest BCUT2D eigenvalue weighted by molar-refractivity contribution is -0.128. The quantitative estimate of drug-likeness (QED) is 0.614. The van der Waals surface area contributed by atoms with E-state index in [9.17, 15) is 9.59 Å². The summed E-state index contributed by atoms with van der Waals surface area (Å²) in [5.41, 5.74) is 2.96. The van der Waals surface area contributed by atoms with Gasteiger partial charge in [-0.2, -0.15) is 0 Å². The maximum absolute atomic E-state index is 12.8. The fourth-order valence-corrected chi connectivity index (χ4v) is 5.25. The topological polar surface area (TPSA) is 63.2 Å². The largest absolute Gasteiger partial charge is 0.338 e. The van der Waals surface area contributed by atoms with Crippen molar-refractivity contribution in [1.29, 1.82) is 0 Å². The smallest absolute Gasteiger partial charge is 0.223 e. The van der Waals surface area contributed by atoms with E-state index in [1.165, 1.54) is 11.3 Å². The molecule has 144 valence electrons. The number of ketones is 1. The molecule has 1 aliphatic heterocycles. The summed E-state index contributed by atoms with van der Waals surface area (Å²) in [7, 11) is 0. The van der Waals surface area contributed by atoms with Crippen LogP contribution in [0, 0.1) is 19.8 Å². The van der Waals surface area contributed by atoms with Crippen molar-refractivity contribution in [3.8, 4) is 10.6 Å². The van der Waals surface area contributed by atoms with Crippen molar-refractivity contribution in [2.45, 2.75) is 33.2 Å². The number of aromatic nitrogens is 2. The lowest BCUT2D eigenvalue weighted by Crippen LogP contribution is -2.26. The number of thiazole rings is 2. The first-order chi connectivity index (χ1) is 13.5. The SMILES string of the molecule is Cc1nc(C)c(-c2csc(CC(=O)C3CC(=O)N(Cc4ccccc4)C3)n2)s1. The van der Waals surface area contributed by atoms with Gasteiger partial charge < -0.3 is 4.90 Å². The number of hydrogen-bond acceptors (Lipinski definition) is 6. The van der Waals surface area contributed by atoms with Crippen molar-refractivity contribution >= 4 is 34.4 Å². The second kappa shape index (κ2) is 7.93. The third-order valence-electron chi connectivity index (χ3n) is 4.90. The van der Waals surface area contributed by atoms with E-state index in [4.69, 9.17) is 0 Å². The Kier molecular flexibility index (Phi) is 5.37. The molecule has 0 N–H and O–H groups in total. The van der Waals surface area contributed by atoms with Gasteiger partial charge in [0, 0.05) is 30.8 Å². The molecule has 4 rings (SSSR count). The van der Waals surface area contributed by atoms with Crippen LogP contribution in [-0.4, -0.2) is 33.1 Å². The summed E-state index contributed by atoms with van der Waals surface area (Å²) in [6.45, 7) is 5.03. The standard InChI is InChI=1S/C21H21N3O2S2/c1-13-21(28-14(2)22-13)17-12-27-19(23-17)9-18(25)16-8-20(26)24(11-16)10-15-6-4-3-5-7-15/h3-7,12,16H,8-11H2,1-2H3. The van der Waals surface area contributed by atoms with Crippen molar-refractivity contribution in [2.24, 2.45) is 5.92 Å². The predicted molar refractivity (Wildman–Crippen MR) is 111 cm³/mol. The summed E-state index contributed by atoms with van der Waals surface area (Å²) in [5, 5.41) is 3.81. The number of carbonyl (C=O) groups is 2. The Hall–Kier alpha value is -2.38. The summed E-state index contributed by atoms with van der Waals surface area (Å²) >= 11 is 3.13. The maximum atomic E-state index is 12.8. The van der Waals surface area contributed by atoms with Gasteiger partial charge in [-0.25, -0.2) is 9.97 Å². The van der Waals surface area contributed by atoms with Crippen LogP contribution in [0.5, 0.6) is 0 Å². The van der Waals surface area contributed by atoms with Crippen LogP contribution in [0.25, 0.3) is 10.6 Å². The fourth-order valence-electron chi connectivity index (χ4n) is 3.50. The lowest BCUT2D eigenvalue weighted by Gasteiger charge is -2.16. The number of Topliss-reactive ketones (excluding diaryl/α,β-unsaturated/α-hetero) is 1. The zero-order valence-corrected chi connectivity index (χ0v) is 17.5. The first-order valence-electron chi connectivity index (χ1n) is 9.23. The van der Waals surface area contributed by atoms with Gasteiger partial charge in [0.05, 0.1) is 27.7 Å². The van der Waals surface area contributed by atoms with E-state index in [-0.39, 0.29) is 17.6 Å². The molecule has 2 aromatic heterocycles. The summed E-state index contributed by atoms with van der Waals surface area (Å²) in [6, 6.07) is 9.89. The number of aryl methyl sites for hydroxylation is 2. The average Bonchev–Trinajstić information content (AvgIpc) is 3.36. The first kappa shape index (κ1) is 19.0. The molecule has 7 heteroatoms. The highest BCUT2D eigenvalue weighted by Crippen LogP contribution is 2.31. The zero-order valence-electron chi connectivity index (χ0n) is 15.8. The van der Waals surface area contributed by atoms with Crippen molar-refractivity contribution in [3.63, 3.8) is 0 Å². The number of benzene rings is 1. The second-order valence-corrected chi connectivity index (χ2v) is 9.22. The zero-order chi connectivity index (χ0) is 19.7. The molecular weight excluding hydrogens is 390 g/mol. The molecule has 0 bridgehead atoms. The summed E-state index contributed by atoms with van der Waals surface area (Å²) in [5.74, 6) is -0.0873. The van der Waals surface area contributed by atoms with E-state index < -0.39 is 0 Å². The van der Waals surface area contributed by atoms with Crippen LogP contribution in [-0.2, 0) is 22.6 Å². The number of rotatable bonds is 6. The molecule has 0 radical (unpaired) electrons. The Balaban J connectivity index is 1.39. The predicted octanol–water partition coefficient (Wildman–Crippen LogP) is 4.04. The Morgan fingerprint density at radius 3 is 2.71 bits per heavy atom. The molecule has 3 heterocycles. The minimum absolute atomic E-state index is 0.0535. The van der Waals surface area contributed by atoms with Gasteiger partial charge in [-0.1, -0.05) is 30.3 Å². The number of nitrogens with zero attached hydrogens (tertiary/aromatic N) is 3. The van der Waals surface area contributed by atoms with E-state index in [0.29, 0.717) is 25.9 Å². The Morgan fingerprint density at radius 2 is 2.00 bits per heavy atom. The van der Waals surface area contributed by atoms with Crippen LogP contribution in [0.4, 0.5) is 0 Å². The minimum atomic E-state index is -0.240. The van der Waals surface area contributed by atoms with Crippen LogP contribution < -0.4 is 0 Å². The van der Waals surface area contributed by atoms with E-state index in [2.05, 4.69) is 9.97 Å². The first-order valence-corrected chi connectivity index (χ1v) is 10.9. The van der Waals surface area contributed by atoms with E-state index >= 15 is 0 Å². The van der Waals surface area contributed by atoms with Gasteiger partial charge in [0.2, 0.25) is 5.91 Å². The minimum Gasteiger partial charge on any atom is -0.338 e. The Labute approximate surface area is 172 Å². The normalized spacial score (nSPS) is 16.7. The monoisotopic (exact) mass is 411 g/mol. The number of amides is 1. The van der Waals surface area contributed by atoms with Crippen LogP contribution in [0.3, 0.4) is 0 Å². The van der Waals surface area contributed by atoms with Crippen LogP contribution in [0.1, 0.15) is 27.7 Å². The molecule has 28 heavy (non-hydrogen) atoms.